The van der Waals surface area contributed by atoms with E-state index in [9.17, 15) is 0 Å². The Kier molecular flexibility index (Phi) is 4.84. The van der Waals surface area contributed by atoms with Crippen LogP contribution in [-0.2, 0) is 0 Å². The molecule has 1 aliphatic rings. The number of nitrogens with zero attached hydrogens (tertiary/aromatic N) is 1. The summed E-state index contributed by atoms with van der Waals surface area (Å²) in [5.41, 5.74) is 0. The van der Waals surface area contributed by atoms with Gasteiger partial charge in [0, 0.05) is 26.1 Å². The van der Waals surface area contributed by atoms with Gasteiger partial charge in [0.1, 0.15) is 6.10 Å². The highest BCUT2D eigenvalue weighted by molar-refractivity contribution is 5.40. The smallest absolute Gasteiger partial charge is 0.161 e. The topological polar surface area (TPSA) is 33.7 Å². The molecular formula is C14H22N2O2. The minimum atomic E-state index is 0.191. The van der Waals surface area contributed by atoms with Crippen molar-refractivity contribution >= 4 is 0 Å². The second kappa shape index (κ2) is 6.61. The van der Waals surface area contributed by atoms with Gasteiger partial charge in [-0.15, -0.1) is 0 Å². The Bertz CT molecular complexity index is 369. The first-order chi connectivity index (χ1) is 8.75. The van der Waals surface area contributed by atoms with Crippen LogP contribution in [0.25, 0.3) is 0 Å². The third kappa shape index (κ3) is 3.89. The normalized spacial score (nSPS) is 18.7. The largest absolute Gasteiger partial charge is 0.490 e. The highest BCUT2D eigenvalue weighted by Crippen LogP contribution is 2.30. The maximum absolute atomic E-state index is 5.96. The molecule has 0 saturated heterocycles. The van der Waals surface area contributed by atoms with Crippen molar-refractivity contribution in [1.82, 2.24) is 10.2 Å². The summed E-state index contributed by atoms with van der Waals surface area (Å²) in [6.45, 7) is 3.61. The quantitative estimate of drug-likeness (QED) is 0.800. The summed E-state index contributed by atoms with van der Waals surface area (Å²) in [6, 6.07) is 7.87. The van der Waals surface area contributed by atoms with E-state index < -0.39 is 0 Å². The van der Waals surface area contributed by atoms with Gasteiger partial charge in [-0.25, -0.2) is 0 Å². The molecule has 18 heavy (non-hydrogen) atoms. The van der Waals surface area contributed by atoms with Gasteiger partial charge in [-0.05, 0) is 26.2 Å². The summed E-state index contributed by atoms with van der Waals surface area (Å²) in [4.78, 5) is 2.17. The SMILES string of the molecule is CN(C)CCNCC1CCOc2ccccc2O1. The van der Waals surface area contributed by atoms with Gasteiger partial charge in [-0.1, -0.05) is 12.1 Å². The van der Waals surface area contributed by atoms with Crippen molar-refractivity contribution in [2.75, 3.05) is 40.3 Å². The van der Waals surface area contributed by atoms with E-state index in [0.717, 1.165) is 44.2 Å². The van der Waals surface area contributed by atoms with E-state index in [-0.39, 0.29) is 6.10 Å². The molecule has 0 bridgehead atoms. The summed E-state index contributed by atoms with van der Waals surface area (Å²) in [5.74, 6) is 1.71. The van der Waals surface area contributed by atoms with E-state index in [1.807, 2.05) is 24.3 Å². The van der Waals surface area contributed by atoms with Crippen molar-refractivity contribution in [3.63, 3.8) is 0 Å². The van der Waals surface area contributed by atoms with Crippen LogP contribution in [0, 0.1) is 0 Å². The molecule has 0 radical (unpaired) electrons. The summed E-state index contributed by atoms with van der Waals surface area (Å²) >= 11 is 0. The Morgan fingerprint density at radius 1 is 1.28 bits per heavy atom. The summed E-state index contributed by atoms with van der Waals surface area (Å²) in [5, 5.41) is 3.42. The van der Waals surface area contributed by atoms with Gasteiger partial charge in [0.05, 0.1) is 6.61 Å². The minimum absolute atomic E-state index is 0.191. The molecule has 1 unspecified atom stereocenters. The fourth-order valence-electron chi connectivity index (χ4n) is 1.92. The van der Waals surface area contributed by atoms with E-state index in [1.165, 1.54) is 0 Å². The average molecular weight is 250 g/mol. The minimum Gasteiger partial charge on any atom is -0.490 e. The molecule has 4 heteroatoms. The molecule has 1 atom stereocenters. The molecule has 1 aromatic rings. The number of para-hydroxylation sites is 2. The van der Waals surface area contributed by atoms with Gasteiger partial charge in [-0.3, -0.25) is 0 Å². The molecule has 1 heterocycles. The second-order valence-corrected chi connectivity index (χ2v) is 4.83. The van der Waals surface area contributed by atoms with Crippen molar-refractivity contribution in [3.8, 4) is 11.5 Å². The third-order valence-electron chi connectivity index (χ3n) is 2.95. The average Bonchev–Trinajstić information content (AvgIpc) is 2.56. The first-order valence-corrected chi connectivity index (χ1v) is 6.49. The number of nitrogens with one attached hydrogen (secondary N) is 1. The standard InChI is InChI=1S/C14H22N2O2/c1-16(2)9-8-15-11-12-7-10-17-13-5-3-4-6-14(13)18-12/h3-6,12,15H,7-11H2,1-2H3. The lowest BCUT2D eigenvalue weighted by atomic mass is 10.2. The highest BCUT2D eigenvalue weighted by atomic mass is 16.5. The van der Waals surface area contributed by atoms with Crippen LogP contribution in [0.15, 0.2) is 24.3 Å². The molecule has 0 saturated carbocycles. The van der Waals surface area contributed by atoms with E-state index in [2.05, 4.69) is 24.3 Å². The predicted octanol–water partition coefficient (Wildman–Crippen LogP) is 1.37. The van der Waals surface area contributed by atoms with Crippen LogP contribution in [-0.4, -0.2) is 51.3 Å². The van der Waals surface area contributed by atoms with E-state index in [4.69, 9.17) is 9.47 Å². The number of rotatable bonds is 5. The lowest BCUT2D eigenvalue weighted by molar-refractivity contribution is 0.186. The molecular weight excluding hydrogens is 228 g/mol. The van der Waals surface area contributed by atoms with Crippen LogP contribution in [0.5, 0.6) is 11.5 Å². The Hall–Kier alpha value is -1.26. The maximum Gasteiger partial charge on any atom is 0.161 e. The fourth-order valence-corrected chi connectivity index (χ4v) is 1.92. The van der Waals surface area contributed by atoms with Crippen LogP contribution in [0.1, 0.15) is 6.42 Å². The number of benzene rings is 1. The Labute approximate surface area is 109 Å². The molecule has 1 aromatic carbocycles. The van der Waals surface area contributed by atoms with Gasteiger partial charge in [0.15, 0.2) is 11.5 Å². The van der Waals surface area contributed by atoms with Gasteiger partial charge in [0.25, 0.3) is 0 Å². The molecule has 0 fully saturated rings. The first kappa shape index (κ1) is 13.2. The van der Waals surface area contributed by atoms with Gasteiger partial charge < -0.3 is 19.7 Å². The molecule has 1 N–H and O–H groups in total. The zero-order valence-corrected chi connectivity index (χ0v) is 11.2. The summed E-state index contributed by atoms with van der Waals surface area (Å²) in [6.07, 6.45) is 1.11. The number of hydrogen-bond acceptors (Lipinski definition) is 4. The molecule has 0 aliphatic carbocycles. The van der Waals surface area contributed by atoms with E-state index >= 15 is 0 Å². The Morgan fingerprint density at radius 2 is 2.06 bits per heavy atom. The molecule has 2 rings (SSSR count). The van der Waals surface area contributed by atoms with Crippen molar-refractivity contribution in [2.24, 2.45) is 0 Å². The molecule has 1 aliphatic heterocycles. The van der Waals surface area contributed by atoms with Crippen molar-refractivity contribution in [2.45, 2.75) is 12.5 Å². The summed E-state index contributed by atoms with van der Waals surface area (Å²) < 4.78 is 11.6. The monoisotopic (exact) mass is 250 g/mol. The first-order valence-electron chi connectivity index (χ1n) is 6.49. The highest BCUT2D eigenvalue weighted by Gasteiger charge is 2.17. The van der Waals surface area contributed by atoms with Gasteiger partial charge in [0.2, 0.25) is 0 Å². The van der Waals surface area contributed by atoms with Crippen LogP contribution in [0.3, 0.4) is 0 Å². The van der Waals surface area contributed by atoms with Crippen LogP contribution in [0.2, 0.25) is 0 Å². The third-order valence-corrected chi connectivity index (χ3v) is 2.95. The fraction of sp³-hybridized carbons (Fsp3) is 0.571. The van der Waals surface area contributed by atoms with Crippen molar-refractivity contribution in [1.29, 1.82) is 0 Å². The molecule has 0 amide bonds. The number of ether oxygens (including phenoxy) is 2. The van der Waals surface area contributed by atoms with E-state index in [0.29, 0.717) is 0 Å². The lowest BCUT2D eigenvalue weighted by Crippen LogP contribution is -2.35. The van der Waals surface area contributed by atoms with Gasteiger partial charge >= 0.3 is 0 Å². The molecule has 0 spiro atoms. The van der Waals surface area contributed by atoms with Gasteiger partial charge in [-0.2, -0.15) is 0 Å². The number of hydrogen-bond donors (Lipinski definition) is 1. The van der Waals surface area contributed by atoms with Crippen molar-refractivity contribution in [3.05, 3.63) is 24.3 Å². The van der Waals surface area contributed by atoms with Crippen LogP contribution < -0.4 is 14.8 Å². The number of likely N-dealkylation sites (N-methyl/N-ethyl adjacent to an activating group) is 1. The van der Waals surface area contributed by atoms with Crippen molar-refractivity contribution < 1.29 is 9.47 Å². The predicted molar refractivity (Wildman–Crippen MR) is 72.4 cm³/mol. The van der Waals surface area contributed by atoms with Crippen LogP contribution >= 0.6 is 0 Å². The Balaban J connectivity index is 1.81. The van der Waals surface area contributed by atoms with E-state index in [1.54, 1.807) is 0 Å². The molecule has 100 valence electrons. The molecule has 0 aromatic heterocycles. The van der Waals surface area contributed by atoms with Crippen LogP contribution in [0.4, 0.5) is 0 Å². The zero-order valence-electron chi connectivity index (χ0n) is 11.2. The second-order valence-electron chi connectivity index (χ2n) is 4.83. The number of fused-ring (bicyclic) bond motifs is 1. The zero-order chi connectivity index (χ0) is 12.8. The molecule has 4 nitrogen and oxygen atoms in total. The maximum atomic E-state index is 5.96. The lowest BCUT2D eigenvalue weighted by Gasteiger charge is -2.17. The Morgan fingerprint density at radius 3 is 2.83 bits per heavy atom. The summed E-state index contributed by atoms with van der Waals surface area (Å²) in [7, 11) is 4.15.